The number of ether oxygens (including phenoxy) is 1. The SMILES string of the molecule is CCCCCC=CCC=CCCCCCCCCOC[C@@H](N)CCCCCCCCC. The van der Waals surface area contributed by atoms with Gasteiger partial charge in [0.1, 0.15) is 0 Å². The third-order valence-corrected chi connectivity index (χ3v) is 6.00. The zero-order valence-electron chi connectivity index (χ0n) is 21.4. The highest BCUT2D eigenvalue weighted by atomic mass is 16.5. The molecule has 0 bridgehead atoms. The van der Waals surface area contributed by atoms with Gasteiger partial charge in [-0.2, -0.15) is 0 Å². The van der Waals surface area contributed by atoms with Gasteiger partial charge in [0.05, 0.1) is 6.61 Å². The first-order valence-electron chi connectivity index (χ1n) is 13.9. The quantitative estimate of drug-likeness (QED) is 0.114. The lowest BCUT2D eigenvalue weighted by molar-refractivity contribution is 0.114. The van der Waals surface area contributed by atoms with E-state index in [-0.39, 0.29) is 6.04 Å². The fourth-order valence-electron chi connectivity index (χ4n) is 3.87. The van der Waals surface area contributed by atoms with Gasteiger partial charge in [0.15, 0.2) is 0 Å². The van der Waals surface area contributed by atoms with Gasteiger partial charge in [-0.25, -0.2) is 0 Å². The molecule has 0 saturated carbocycles. The molecule has 2 nitrogen and oxygen atoms in total. The fraction of sp³-hybridized carbons (Fsp3) is 0.862. The summed E-state index contributed by atoms with van der Waals surface area (Å²) < 4.78 is 5.79. The lowest BCUT2D eigenvalue weighted by Gasteiger charge is -2.12. The molecule has 0 aliphatic heterocycles. The van der Waals surface area contributed by atoms with Gasteiger partial charge >= 0.3 is 0 Å². The Labute approximate surface area is 196 Å². The second-order valence-electron chi connectivity index (χ2n) is 9.33. The van der Waals surface area contributed by atoms with E-state index in [0.29, 0.717) is 0 Å². The predicted octanol–water partition coefficient (Wildman–Crippen LogP) is 9.28. The first kappa shape index (κ1) is 30.4. The molecule has 184 valence electrons. The molecule has 0 unspecified atom stereocenters. The zero-order valence-corrected chi connectivity index (χ0v) is 21.4. The maximum Gasteiger partial charge on any atom is 0.0617 e. The molecule has 1 atom stereocenters. The van der Waals surface area contributed by atoms with Crippen LogP contribution < -0.4 is 5.73 Å². The molecule has 0 saturated heterocycles. The van der Waals surface area contributed by atoms with Gasteiger partial charge in [-0.1, -0.05) is 122 Å². The van der Waals surface area contributed by atoms with Crippen molar-refractivity contribution in [1.29, 1.82) is 0 Å². The lowest BCUT2D eigenvalue weighted by Crippen LogP contribution is -2.26. The molecule has 0 aromatic heterocycles. The van der Waals surface area contributed by atoms with Crippen LogP contribution in [0.1, 0.15) is 142 Å². The summed E-state index contributed by atoms with van der Waals surface area (Å²) in [6, 6.07) is 0.236. The Morgan fingerprint density at radius 1 is 0.581 bits per heavy atom. The second kappa shape index (κ2) is 27.4. The molecule has 0 amide bonds. The Morgan fingerprint density at radius 3 is 1.71 bits per heavy atom. The number of nitrogens with two attached hydrogens (primary N) is 1. The van der Waals surface area contributed by atoms with E-state index in [0.717, 1.165) is 26.1 Å². The van der Waals surface area contributed by atoms with Crippen LogP contribution in [0.25, 0.3) is 0 Å². The number of rotatable bonds is 25. The van der Waals surface area contributed by atoms with E-state index in [4.69, 9.17) is 10.5 Å². The molecule has 0 aromatic rings. The molecule has 2 N–H and O–H groups in total. The lowest BCUT2D eigenvalue weighted by atomic mass is 10.1. The van der Waals surface area contributed by atoms with Crippen LogP contribution in [-0.4, -0.2) is 19.3 Å². The molecule has 0 radical (unpaired) electrons. The molecule has 0 aliphatic carbocycles. The van der Waals surface area contributed by atoms with E-state index in [1.54, 1.807) is 0 Å². The molecule has 0 rings (SSSR count). The smallest absolute Gasteiger partial charge is 0.0617 e. The summed E-state index contributed by atoms with van der Waals surface area (Å²) in [5.74, 6) is 0. The van der Waals surface area contributed by atoms with Crippen molar-refractivity contribution in [3.63, 3.8) is 0 Å². The third kappa shape index (κ3) is 27.4. The molecular weight excluding hydrogens is 378 g/mol. The molecule has 0 heterocycles. The highest BCUT2D eigenvalue weighted by Crippen LogP contribution is 2.10. The molecule has 0 aromatic carbocycles. The topological polar surface area (TPSA) is 35.2 Å². The van der Waals surface area contributed by atoms with Crippen molar-refractivity contribution in [2.24, 2.45) is 5.73 Å². The van der Waals surface area contributed by atoms with Crippen LogP contribution >= 0.6 is 0 Å². The Morgan fingerprint density at radius 2 is 1.06 bits per heavy atom. The predicted molar refractivity (Wildman–Crippen MR) is 141 cm³/mol. The molecule has 0 fully saturated rings. The van der Waals surface area contributed by atoms with Crippen LogP contribution in [0.5, 0.6) is 0 Å². The fourth-order valence-corrected chi connectivity index (χ4v) is 3.87. The zero-order chi connectivity index (χ0) is 22.7. The minimum Gasteiger partial charge on any atom is -0.380 e. The average molecular weight is 436 g/mol. The number of unbranched alkanes of at least 4 members (excludes halogenated alkanes) is 15. The number of allylic oxidation sites excluding steroid dienone is 4. The molecule has 2 heteroatoms. The Hall–Kier alpha value is -0.600. The van der Waals surface area contributed by atoms with Gasteiger partial charge in [-0.3, -0.25) is 0 Å². The van der Waals surface area contributed by atoms with E-state index in [1.165, 1.54) is 116 Å². The first-order chi connectivity index (χ1) is 15.3. The largest absolute Gasteiger partial charge is 0.380 e. The minimum atomic E-state index is 0.236. The van der Waals surface area contributed by atoms with E-state index >= 15 is 0 Å². The van der Waals surface area contributed by atoms with Gasteiger partial charge in [0.2, 0.25) is 0 Å². The van der Waals surface area contributed by atoms with Crippen molar-refractivity contribution in [2.45, 2.75) is 148 Å². The van der Waals surface area contributed by atoms with Crippen molar-refractivity contribution in [2.75, 3.05) is 13.2 Å². The normalized spacial score (nSPS) is 13.0. The molecule has 31 heavy (non-hydrogen) atoms. The Balaban J connectivity index is 3.21. The van der Waals surface area contributed by atoms with Gasteiger partial charge in [0, 0.05) is 12.6 Å². The van der Waals surface area contributed by atoms with Gasteiger partial charge in [0.25, 0.3) is 0 Å². The van der Waals surface area contributed by atoms with Crippen LogP contribution in [0.2, 0.25) is 0 Å². The summed E-state index contributed by atoms with van der Waals surface area (Å²) in [5.41, 5.74) is 6.17. The van der Waals surface area contributed by atoms with Crippen LogP contribution in [0.15, 0.2) is 24.3 Å². The summed E-state index contributed by atoms with van der Waals surface area (Å²) in [7, 11) is 0. The van der Waals surface area contributed by atoms with E-state index < -0.39 is 0 Å². The van der Waals surface area contributed by atoms with Crippen molar-refractivity contribution in [3.8, 4) is 0 Å². The van der Waals surface area contributed by atoms with Gasteiger partial charge in [-0.15, -0.1) is 0 Å². The van der Waals surface area contributed by atoms with Gasteiger partial charge < -0.3 is 10.5 Å². The summed E-state index contributed by atoms with van der Waals surface area (Å²) in [5, 5.41) is 0. The summed E-state index contributed by atoms with van der Waals surface area (Å²) in [6.07, 6.45) is 35.5. The average Bonchev–Trinajstić information content (AvgIpc) is 2.77. The van der Waals surface area contributed by atoms with Gasteiger partial charge in [-0.05, 0) is 44.9 Å². The Bertz CT molecular complexity index is 377. The highest BCUT2D eigenvalue weighted by molar-refractivity contribution is 4.92. The maximum absolute atomic E-state index is 6.17. The summed E-state index contributed by atoms with van der Waals surface area (Å²) in [6.45, 7) is 6.17. The number of hydrogen-bond donors (Lipinski definition) is 1. The highest BCUT2D eigenvalue weighted by Gasteiger charge is 2.02. The third-order valence-electron chi connectivity index (χ3n) is 6.00. The summed E-state index contributed by atoms with van der Waals surface area (Å²) in [4.78, 5) is 0. The minimum absolute atomic E-state index is 0.236. The standard InChI is InChI=1S/C29H57NO/c1-3-5-7-9-11-12-13-14-15-16-17-18-19-21-23-25-27-31-28-29(30)26-24-22-20-10-8-6-4-2/h11-12,14-15,29H,3-10,13,16-28,30H2,1-2H3/t29-/m0/s1. The maximum atomic E-state index is 6.17. The van der Waals surface area contributed by atoms with Crippen LogP contribution in [0.4, 0.5) is 0 Å². The second-order valence-corrected chi connectivity index (χ2v) is 9.33. The van der Waals surface area contributed by atoms with Crippen molar-refractivity contribution in [3.05, 3.63) is 24.3 Å². The molecule has 0 aliphatic rings. The van der Waals surface area contributed by atoms with Crippen molar-refractivity contribution >= 4 is 0 Å². The molecular formula is C29H57NO. The van der Waals surface area contributed by atoms with Crippen LogP contribution in [0.3, 0.4) is 0 Å². The van der Waals surface area contributed by atoms with Crippen molar-refractivity contribution < 1.29 is 4.74 Å². The van der Waals surface area contributed by atoms with E-state index in [1.807, 2.05) is 0 Å². The van der Waals surface area contributed by atoms with Crippen LogP contribution in [0, 0.1) is 0 Å². The molecule has 0 spiro atoms. The number of hydrogen-bond acceptors (Lipinski definition) is 2. The first-order valence-corrected chi connectivity index (χ1v) is 13.9. The summed E-state index contributed by atoms with van der Waals surface area (Å²) >= 11 is 0. The van der Waals surface area contributed by atoms with E-state index in [2.05, 4.69) is 38.2 Å². The van der Waals surface area contributed by atoms with E-state index in [9.17, 15) is 0 Å². The monoisotopic (exact) mass is 435 g/mol. The van der Waals surface area contributed by atoms with Crippen molar-refractivity contribution in [1.82, 2.24) is 0 Å². The van der Waals surface area contributed by atoms with Crippen LogP contribution in [-0.2, 0) is 4.74 Å². The Kier molecular flexibility index (Phi) is 26.9.